The minimum Gasteiger partial charge on any atom is -0.492 e. The lowest BCUT2D eigenvalue weighted by molar-refractivity contribution is -0.117. The zero-order chi connectivity index (χ0) is 16.2. The first-order valence-corrected chi connectivity index (χ1v) is 7.63. The van der Waals surface area contributed by atoms with E-state index in [0.717, 1.165) is 29.1 Å². The number of amides is 1. The van der Waals surface area contributed by atoms with Crippen molar-refractivity contribution >= 4 is 11.6 Å². The molecule has 1 aliphatic rings. The van der Waals surface area contributed by atoms with Gasteiger partial charge in [-0.05, 0) is 36.9 Å². The second-order valence-corrected chi connectivity index (χ2v) is 5.49. The second kappa shape index (κ2) is 6.79. The average molecular weight is 314 g/mol. The van der Waals surface area contributed by atoms with Crippen molar-refractivity contribution in [2.24, 2.45) is 0 Å². The van der Waals surface area contributed by atoms with Crippen molar-refractivity contribution in [1.29, 1.82) is 0 Å². The van der Waals surface area contributed by atoms with Crippen LogP contribution in [-0.2, 0) is 17.8 Å². The highest BCUT2D eigenvalue weighted by Gasteiger charge is 2.29. The van der Waals surface area contributed by atoms with Gasteiger partial charge in [0.15, 0.2) is 0 Å². The van der Waals surface area contributed by atoms with Crippen LogP contribution in [0.5, 0.6) is 5.75 Å². The third-order valence-corrected chi connectivity index (χ3v) is 3.87. The Morgan fingerprint density at radius 2 is 2.09 bits per heavy atom. The Morgan fingerprint density at radius 1 is 1.26 bits per heavy atom. The highest BCUT2D eigenvalue weighted by atomic mass is 19.1. The van der Waals surface area contributed by atoms with Crippen molar-refractivity contribution < 1.29 is 13.9 Å². The third kappa shape index (κ3) is 3.35. The maximum Gasteiger partial charge on any atom is 0.231 e. The predicted octanol–water partition coefficient (Wildman–Crippen LogP) is 2.51. The summed E-state index contributed by atoms with van der Waals surface area (Å²) >= 11 is 0. The van der Waals surface area contributed by atoms with Crippen LogP contribution in [0.25, 0.3) is 0 Å². The number of benzene rings is 2. The molecule has 1 heterocycles. The van der Waals surface area contributed by atoms with Gasteiger partial charge in [-0.15, -0.1) is 0 Å². The van der Waals surface area contributed by atoms with E-state index >= 15 is 0 Å². The number of likely N-dealkylation sites (N-methyl/N-ethyl adjacent to an activating group) is 1. The number of nitrogens with zero attached hydrogens (tertiary/aromatic N) is 1. The molecule has 0 radical (unpaired) electrons. The van der Waals surface area contributed by atoms with E-state index in [1.54, 1.807) is 11.0 Å². The van der Waals surface area contributed by atoms with Gasteiger partial charge < -0.3 is 15.0 Å². The van der Waals surface area contributed by atoms with E-state index in [1.807, 2.05) is 31.3 Å². The Balaban J connectivity index is 1.83. The number of halogens is 1. The first-order chi connectivity index (χ1) is 11.2. The third-order valence-electron chi connectivity index (χ3n) is 3.87. The van der Waals surface area contributed by atoms with Crippen molar-refractivity contribution in [1.82, 2.24) is 5.32 Å². The van der Waals surface area contributed by atoms with Gasteiger partial charge in [0.2, 0.25) is 5.91 Å². The molecule has 0 saturated carbocycles. The Labute approximate surface area is 134 Å². The fourth-order valence-electron chi connectivity index (χ4n) is 2.76. The number of carbonyl (C=O) groups is 1. The number of anilines is 1. The van der Waals surface area contributed by atoms with E-state index in [4.69, 9.17) is 4.74 Å². The van der Waals surface area contributed by atoms with Gasteiger partial charge in [-0.2, -0.15) is 0 Å². The van der Waals surface area contributed by atoms with E-state index in [0.29, 0.717) is 19.6 Å². The molecule has 0 spiro atoms. The molecule has 0 atom stereocenters. The van der Waals surface area contributed by atoms with Gasteiger partial charge in [-0.1, -0.05) is 18.2 Å². The van der Waals surface area contributed by atoms with E-state index in [-0.39, 0.29) is 11.7 Å². The Kier molecular flexibility index (Phi) is 4.57. The number of rotatable bonds is 6. The fraction of sp³-hybridized carbons (Fsp3) is 0.278. The van der Waals surface area contributed by atoms with Crippen LogP contribution in [0.3, 0.4) is 0 Å². The maximum absolute atomic E-state index is 13.3. The summed E-state index contributed by atoms with van der Waals surface area (Å²) in [6.07, 6.45) is 0.320. The molecule has 0 saturated heterocycles. The van der Waals surface area contributed by atoms with Crippen molar-refractivity contribution in [3.05, 3.63) is 59.4 Å². The van der Waals surface area contributed by atoms with Crippen molar-refractivity contribution in [2.75, 3.05) is 25.1 Å². The van der Waals surface area contributed by atoms with Crippen molar-refractivity contribution in [2.45, 2.75) is 13.0 Å². The fourth-order valence-corrected chi connectivity index (χ4v) is 2.76. The standard InChI is InChI=1S/C18H19FN2O2/c1-20-8-9-23-17-7-3-6-16-15(17)11-18(22)21(16)12-13-4-2-5-14(19)10-13/h2-7,10,20H,8-9,11-12H2,1H3. The average Bonchev–Trinajstić information content (AvgIpc) is 2.85. The van der Waals surface area contributed by atoms with Crippen LogP contribution < -0.4 is 15.0 Å². The summed E-state index contributed by atoms with van der Waals surface area (Å²) in [4.78, 5) is 14.1. The molecule has 5 heteroatoms. The van der Waals surface area contributed by atoms with Crippen LogP contribution in [0.2, 0.25) is 0 Å². The lowest BCUT2D eigenvalue weighted by atomic mass is 10.1. The van der Waals surface area contributed by atoms with Crippen molar-refractivity contribution in [3.63, 3.8) is 0 Å². The SMILES string of the molecule is CNCCOc1cccc2c1CC(=O)N2Cc1cccc(F)c1. The first kappa shape index (κ1) is 15.5. The second-order valence-electron chi connectivity index (χ2n) is 5.49. The molecule has 2 aromatic carbocycles. The molecule has 1 aliphatic heterocycles. The molecule has 1 N–H and O–H groups in total. The van der Waals surface area contributed by atoms with Gasteiger partial charge in [0, 0.05) is 12.1 Å². The molecular formula is C18H19FN2O2. The molecule has 4 nitrogen and oxygen atoms in total. The summed E-state index contributed by atoms with van der Waals surface area (Å²) in [5.41, 5.74) is 2.53. The van der Waals surface area contributed by atoms with Gasteiger partial charge in [-0.25, -0.2) is 4.39 Å². The van der Waals surface area contributed by atoms with E-state index < -0.39 is 0 Å². The monoisotopic (exact) mass is 314 g/mol. The molecule has 2 aromatic rings. The summed E-state index contributed by atoms with van der Waals surface area (Å²) in [5, 5.41) is 3.02. The summed E-state index contributed by atoms with van der Waals surface area (Å²) in [7, 11) is 1.86. The zero-order valence-corrected chi connectivity index (χ0v) is 13.0. The number of hydrogen-bond donors (Lipinski definition) is 1. The molecule has 23 heavy (non-hydrogen) atoms. The van der Waals surface area contributed by atoms with Gasteiger partial charge in [0.1, 0.15) is 18.2 Å². The number of hydrogen-bond acceptors (Lipinski definition) is 3. The summed E-state index contributed by atoms with van der Waals surface area (Å²) in [6, 6.07) is 12.0. The number of fused-ring (bicyclic) bond motifs is 1. The molecule has 0 aromatic heterocycles. The molecular weight excluding hydrogens is 295 g/mol. The largest absolute Gasteiger partial charge is 0.492 e. The Hall–Kier alpha value is -2.40. The van der Waals surface area contributed by atoms with Crippen LogP contribution in [0.4, 0.5) is 10.1 Å². The van der Waals surface area contributed by atoms with Gasteiger partial charge in [0.25, 0.3) is 0 Å². The molecule has 120 valence electrons. The molecule has 0 fully saturated rings. The molecule has 0 unspecified atom stereocenters. The normalized spacial score (nSPS) is 13.3. The van der Waals surface area contributed by atoms with Gasteiger partial charge >= 0.3 is 0 Å². The molecule has 0 aliphatic carbocycles. The Bertz CT molecular complexity index is 718. The predicted molar refractivity (Wildman–Crippen MR) is 87.2 cm³/mol. The van der Waals surface area contributed by atoms with Crippen LogP contribution in [0, 0.1) is 5.82 Å². The van der Waals surface area contributed by atoms with Crippen LogP contribution in [0.15, 0.2) is 42.5 Å². The summed E-state index contributed by atoms with van der Waals surface area (Å²) in [5.74, 6) is 0.459. The van der Waals surface area contributed by atoms with Gasteiger partial charge in [0.05, 0.1) is 18.7 Å². The van der Waals surface area contributed by atoms with Crippen LogP contribution in [0.1, 0.15) is 11.1 Å². The smallest absolute Gasteiger partial charge is 0.231 e. The minimum absolute atomic E-state index is 0.00827. The number of ether oxygens (including phenoxy) is 1. The molecule has 0 bridgehead atoms. The summed E-state index contributed by atoms with van der Waals surface area (Å²) in [6.45, 7) is 1.65. The van der Waals surface area contributed by atoms with Gasteiger partial charge in [-0.3, -0.25) is 4.79 Å². The first-order valence-electron chi connectivity index (χ1n) is 7.63. The number of nitrogens with one attached hydrogen (secondary N) is 1. The maximum atomic E-state index is 13.3. The quantitative estimate of drug-likeness (QED) is 0.833. The highest BCUT2D eigenvalue weighted by Crippen LogP contribution is 2.36. The molecule has 3 rings (SSSR count). The zero-order valence-electron chi connectivity index (χ0n) is 13.0. The molecule has 1 amide bonds. The summed E-state index contributed by atoms with van der Waals surface area (Å²) < 4.78 is 19.1. The topological polar surface area (TPSA) is 41.6 Å². The van der Waals surface area contributed by atoms with Crippen molar-refractivity contribution in [3.8, 4) is 5.75 Å². The van der Waals surface area contributed by atoms with E-state index in [9.17, 15) is 9.18 Å². The Morgan fingerprint density at radius 3 is 2.87 bits per heavy atom. The van der Waals surface area contributed by atoms with E-state index in [2.05, 4.69) is 5.32 Å². The van der Waals surface area contributed by atoms with E-state index in [1.165, 1.54) is 12.1 Å². The minimum atomic E-state index is -0.293. The van der Waals surface area contributed by atoms with Crippen LogP contribution in [-0.4, -0.2) is 26.1 Å². The van der Waals surface area contributed by atoms with Crippen LogP contribution >= 0.6 is 0 Å². The highest BCUT2D eigenvalue weighted by molar-refractivity contribution is 6.02. The number of carbonyl (C=O) groups excluding carboxylic acids is 1. The lowest BCUT2D eigenvalue weighted by Crippen LogP contribution is -2.25. The lowest BCUT2D eigenvalue weighted by Gasteiger charge is -2.18.